The first kappa shape index (κ1) is 25.5. The molecule has 1 aliphatic rings. The van der Waals surface area contributed by atoms with Crippen molar-refractivity contribution < 1.29 is 19.0 Å². The van der Waals surface area contributed by atoms with Gasteiger partial charge in [-0.2, -0.15) is 0 Å². The minimum absolute atomic E-state index is 0.214. The minimum atomic E-state index is -0.685. The van der Waals surface area contributed by atoms with Crippen LogP contribution in [-0.4, -0.2) is 31.4 Å². The number of benzene rings is 2. The van der Waals surface area contributed by atoms with Crippen LogP contribution in [0.25, 0.3) is 6.08 Å². The number of rotatable bonds is 6. The minimum Gasteiger partial charge on any atom is -0.493 e. The number of halogens is 2. The topological polar surface area (TPSA) is 79.1 Å². The molecule has 7 nitrogen and oxygen atoms in total. The summed E-state index contributed by atoms with van der Waals surface area (Å²) in [5.41, 5.74) is 2.10. The average Bonchev–Trinajstić information content (AvgIpc) is 3.12. The average molecular weight is 625 g/mol. The Morgan fingerprint density at radius 1 is 1.23 bits per heavy atom. The fraction of sp³-hybridized carbons (Fsp3) is 0.240. The first-order valence-electron chi connectivity index (χ1n) is 10.7. The molecule has 0 bridgehead atoms. The largest absolute Gasteiger partial charge is 0.493 e. The fourth-order valence-electron chi connectivity index (χ4n) is 3.92. The first-order chi connectivity index (χ1) is 16.8. The fourth-order valence-corrected chi connectivity index (χ4v) is 5.94. The summed E-state index contributed by atoms with van der Waals surface area (Å²) in [6.45, 7) is 3.71. The number of fused-ring (bicyclic) bond motifs is 1. The molecule has 0 spiro atoms. The molecule has 0 saturated heterocycles. The molecule has 0 aliphatic carbocycles. The number of aromatic nitrogens is 1. The van der Waals surface area contributed by atoms with Gasteiger partial charge < -0.3 is 14.2 Å². The van der Waals surface area contributed by atoms with Crippen molar-refractivity contribution in [2.24, 2.45) is 4.99 Å². The van der Waals surface area contributed by atoms with E-state index in [9.17, 15) is 9.59 Å². The van der Waals surface area contributed by atoms with Gasteiger partial charge in [-0.1, -0.05) is 35.1 Å². The lowest BCUT2D eigenvalue weighted by molar-refractivity contribution is -0.139. The van der Waals surface area contributed by atoms with Crippen molar-refractivity contribution in [3.05, 3.63) is 87.1 Å². The lowest BCUT2D eigenvalue weighted by Crippen LogP contribution is -2.39. The van der Waals surface area contributed by atoms with Crippen molar-refractivity contribution in [2.45, 2.75) is 19.9 Å². The van der Waals surface area contributed by atoms with Crippen molar-refractivity contribution in [3.63, 3.8) is 0 Å². The molecule has 0 radical (unpaired) electrons. The third kappa shape index (κ3) is 4.89. The molecule has 3 aromatic rings. The zero-order chi connectivity index (χ0) is 25.3. The highest BCUT2D eigenvalue weighted by Gasteiger charge is 2.33. The third-order valence-corrected chi connectivity index (χ3v) is 7.49. The zero-order valence-corrected chi connectivity index (χ0v) is 23.2. The molecule has 0 N–H and O–H groups in total. The van der Waals surface area contributed by atoms with E-state index in [0.29, 0.717) is 37.1 Å². The number of carbonyl (C=O) groups is 1. The van der Waals surface area contributed by atoms with Crippen LogP contribution >= 0.6 is 45.5 Å². The van der Waals surface area contributed by atoms with Gasteiger partial charge in [0.1, 0.15) is 0 Å². The molecule has 1 atom stereocenters. The van der Waals surface area contributed by atoms with Crippen LogP contribution in [0.4, 0.5) is 0 Å². The maximum Gasteiger partial charge on any atom is 0.338 e. The van der Waals surface area contributed by atoms with Crippen LogP contribution < -0.4 is 24.4 Å². The van der Waals surface area contributed by atoms with Gasteiger partial charge in [-0.25, -0.2) is 9.79 Å². The lowest BCUT2D eigenvalue weighted by atomic mass is 9.96. The van der Waals surface area contributed by atoms with E-state index in [4.69, 9.17) is 25.8 Å². The van der Waals surface area contributed by atoms with E-state index < -0.39 is 12.0 Å². The second-order valence-corrected chi connectivity index (χ2v) is 10.2. The highest BCUT2D eigenvalue weighted by atomic mass is 127. The number of thiazole rings is 1. The summed E-state index contributed by atoms with van der Waals surface area (Å²) in [5.74, 6) is 0.694. The molecule has 4 rings (SSSR count). The van der Waals surface area contributed by atoms with E-state index in [0.717, 1.165) is 14.7 Å². The van der Waals surface area contributed by atoms with E-state index in [1.165, 1.54) is 11.3 Å². The maximum atomic E-state index is 13.7. The molecule has 2 aromatic carbocycles. The quantitative estimate of drug-likeness (QED) is 0.305. The molecular formula is C25H22ClIN2O5S. The molecule has 0 saturated carbocycles. The van der Waals surface area contributed by atoms with Gasteiger partial charge in [0.25, 0.3) is 5.56 Å². The van der Waals surface area contributed by atoms with E-state index in [2.05, 4.69) is 27.6 Å². The number of carbonyl (C=O) groups excluding carboxylic acids is 1. The highest BCUT2D eigenvalue weighted by molar-refractivity contribution is 14.1. The van der Waals surface area contributed by atoms with Crippen LogP contribution in [0.1, 0.15) is 31.0 Å². The Balaban J connectivity index is 1.94. The van der Waals surface area contributed by atoms with Gasteiger partial charge >= 0.3 is 5.97 Å². The van der Waals surface area contributed by atoms with E-state index in [1.807, 2.05) is 12.1 Å². The Bertz CT molecular complexity index is 1510. The number of ether oxygens (including phenoxy) is 3. The first-order valence-corrected chi connectivity index (χ1v) is 12.9. The summed E-state index contributed by atoms with van der Waals surface area (Å²) in [7, 11) is 3.15. The van der Waals surface area contributed by atoms with Crippen LogP contribution in [0, 0.1) is 3.57 Å². The van der Waals surface area contributed by atoms with Crippen LogP contribution in [0.2, 0.25) is 5.02 Å². The van der Waals surface area contributed by atoms with Gasteiger partial charge in [0.15, 0.2) is 16.3 Å². The highest BCUT2D eigenvalue weighted by Crippen LogP contribution is 2.34. The van der Waals surface area contributed by atoms with Gasteiger partial charge in [-0.3, -0.25) is 9.36 Å². The molecule has 182 valence electrons. The Labute approximate surface area is 224 Å². The van der Waals surface area contributed by atoms with Gasteiger partial charge in [0.2, 0.25) is 0 Å². The molecule has 0 unspecified atom stereocenters. The van der Waals surface area contributed by atoms with Crippen molar-refractivity contribution in [1.82, 2.24) is 4.57 Å². The van der Waals surface area contributed by atoms with Crippen LogP contribution in [0.3, 0.4) is 0 Å². The van der Waals surface area contributed by atoms with Crippen molar-refractivity contribution >= 4 is 57.6 Å². The third-order valence-electron chi connectivity index (χ3n) is 5.46. The zero-order valence-electron chi connectivity index (χ0n) is 19.4. The van der Waals surface area contributed by atoms with Gasteiger partial charge in [0.05, 0.1) is 46.2 Å². The Hall–Kier alpha value is -2.63. The standard InChI is InChI=1S/C25H22ClIN2O5S/c1-5-34-24(31)20-13(2)28-25-29(21(20)15-6-8-16(26)9-7-15)23(30)19(35-25)12-14-10-17(27)22(33-4)18(11-14)32-3/h6-12,21H,5H2,1-4H3/b19-12-/t21-/m1/s1. The van der Waals surface area contributed by atoms with Crippen LogP contribution in [0.15, 0.2) is 57.5 Å². The number of esters is 1. The van der Waals surface area contributed by atoms with Crippen LogP contribution in [0.5, 0.6) is 11.5 Å². The second-order valence-electron chi connectivity index (χ2n) is 7.59. The molecule has 1 aliphatic heterocycles. The number of methoxy groups -OCH3 is 2. The Morgan fingerprint density at radius 2 is 1.94 bits per heavy atom. The SMILES string of the molecule is CCOC(=O)C1=C(C)N=c2s/c(=C\c3cc(I)c(OC)c(OC)c3)c(=O)n2[C@@H]1c1ccc(Cl)cc1. The number of hydrogen-bond acceptors (Lipinski definition) is 7. The van der Waals surface area contributed by atoms with Crippen molar-refractivity contribution in [2.75, 3.05) is 20.8 Å². The molecule has 35 heavy (non-hydrogen) atoms. The molecule has 1 aromatic heterocycles. The molecular weight excluding hydrogens is 603 g/mol. The Morgan fingerprint density at radius 3 is 2.57 bits per heavy atom. The molecule has 2 heterocycles. The van der Waals surface area contributed by atoms with Crippen molar-refractivity contribution in [3.8, 4) is 11.5 Å². The van der Waals surface area contributed by atoms with Gasteiger partial charge in [-0.05, 0) is 77.9 Å². The predicted molar refractivity (Wildman–Crippen MR) is 144 cm³/mol. The summed E-state index contributed by atoms with van der Waals surface area (Å²) >= 11 is 9.52. The maximum absolute atomic E-state index is 13.7. The number of nitrogens with zero attached hydrogens (tertiary/aromatic N) is 2. The summed E-state index contributed by atoms with van der Waals surface area (Å²) in [4.78, 5) is 31.7. The summed E-state index contributed by atoms with van der Waals surface area (Å²) in [5, 5.41) is 0.558. The molecule has 0 fully saturated rings. The smallest absolute Gasteiger partial charge is 0.338 e. The lowest BCUT2D eigenvalue weighted by Gasteiger charge is -2.24. The van der Waals surface area contributed by atoms with E-state index in [-0.39, 0.29) is 12.2 Å². The van der Waals surface area contributed by atoms with Crippen LogP contribution in [-0.2, 0) is 9.53 Å². The predicted octanol–water partition coefficient (Wildman–Crippen LogP) is 4.07. The summed E-state index contributed by atoms with van der Waals surface area (Å²) in [6, 6.07) is 10.1. The summed E-state index contributed by atoms with van der Waals surface area (Å²) < 4.78 is 19.1. The van der Waals surface area contributed by atoms with E-state index in [1.54, 1.807) is 63.0 Å². The second kappa shape index (κ2) is 10.5. The number of allylic oxidation sites excluding steroid dienone is 1. The normalized spacial score (nSPS) is 15.5. The van der Waals surface area contributed by atoms with Crippen molar-refractivity contribution in [1.29, 1.82) is 0 Å². The number of hydrogen-bond donors (Lipinski definition) is 0. The molecule has 0 amide bonds. The Kier molecular flexibility index (Phi) is 7.67. The molecule has 10 heteroatoms. The van der Waals surface area contributed by atoms with Gasteiger partial charge in [-0.15, -0.1) is 0 Å². The summed E-state index contributed by atoms with van der Waals surface area (Å²) in [6.07, 6.45) is 1.79. The van der Waals surface area contributed by atoms with E-state index >= 15 is 0 Å². The van der Waals surface area contributed by atoms with Gasteiger partial charge in [0, 0.05) is 5.02 Å². The monoisotopic (exact) mass is 624 g/mol.